The van der Waals surface area contributed by atoms with E-state index in [4.69, 9.17) is 9.72 Å². The Morgan fingerprint density at radius 1 is 0.909 bits per heavy atom. The topological polar surface area (TPSA) is 114 Å². The fourth-order valence-electron chi connectivity index (χ4n) is 5.98. The Kier molecular flexibility index (Phi) is 8.85. The molecule has 2 heterocycles. The Bertz CT molecular complexity index is 1480. The van der Waals surface area contributed by atoms with Gasteiger partial charge in [0.25, 0.3) is 0 Å². The largest absolute Gasteiger partial charge is 0.480 e. The molecule has 228 valence electrons. The molecule has 1 aromatic heterocycles. The van der Waals surface area contributed by atoms with Crippen LogP contribution >= 0.6 is 0 Å². The quantitative estimate of drug-likeness (QED) is 0.257. The molecule has 5 rings (SSSR count). The summed E-state index contributed by atoms with van der Waals surface area (Å²) in [6.07, 6.45) is 3.86. The Balaban J connectivity index is 1.57. The van der Waals surface area contributed by atoms with Gasteiger partial charge in [0.05, 0.1) is 12.0 Å². The van der Waals surface area contributed by atoms with Crippen LogP contribution in [0.1, 0.15) is 56.0 Å². The zero-order valence-electron chi connectivity index (χ0n) is 25.2. The van der Waals surface area contributed by atoms with Crippen molar-refractivity contribution in [3.8, 4) is 0 Å². The highest BCUT2D eigenvalue weighted by atomic mass is 16.6. The molecule has 44 heavy (non-hydrogen) atoms. The lowest BCUT2D eigenvalue weighted by atomic mass is 9.77. The smallest absolute Gasteiger partial charge is 0.408 e. The lowest BCUT2D eigenvalue weighted by molar-refractivity contribution is -0.149. The lowest BCUT2D eigenvalue weighted by Gasteiger charge is -2.37. The third-order valence-corrected chi connectivity index (χ3v) is 7.82. The summed E-state index contributed by atoms with van der Waals surface area (Å²) in [5.74, 6) is -1.54. The first kappa shape index (κ1) is 30.5. The van der Waals surface area contributed by atoms with Crippen LogP contribution in [-0.4, -0.2) is 61.8 Å². The number of amides is 2. The Hall–Kier alpha value is -4.92. The van der Waals surface area contributed by atoms with Gasteiger partial charge in [0, 0.05) is 19.2 Å². The number of aromatic nitrogens is 2. The van der Waals surface area contributed by atoms with E-state index in [0.717, 1.165) is 16.7 Å². The molecule has 0 saturated carbocycles. The van der Waals surface area contributed by atoms with Gasteiger partial charge in [-0.3, -0.25) is 4.79 Å². The number of carbonyl (C=O) groups is 3. The highest BCUT2D eigenvalue weighted by Crippen LogP contribution is 2.40. The van der Waals surface area contributed by atoms with Gasteiger partial charge in [0.15, 0.2) is 0 Å². The molecular weight excluding hydrogens is 556 g/mol. The minimum atomic E-state index is -1.08. The van der Waals surface area contributed by atoms with E-state index in [1.807, 2.05) is 65.4 Å². The lowest BCUT2D eigenvalue weighted by Crippen LogP contribution is -2.53. The van der Waals surface area contributed by atoms with Crippen LogP contribution in [0.15, 0.2) is 104 Å². The minimum absolute atomic E-state index is 0.0440. The molecule has 4 aromatic rings. The fraction of sp³-hybridized carbons (Fsp3) is 0.314. The second-order valence-corrected chi connectivity index (χ2v) is 12.0. The number of carboxylic acid groups (broad SMARTS) is 1. The van der Waals surface area contributed by atoms with E-state index in [2.05, 4.69) is 41.7 Å². The minimum Gasteiger partial charge on any atom is -0.480 e. The van der Waals surface area contributed by atoms with Crippen molar-refractivity contribution in [3.63, 3.8) is 0 Å². The maximum absolute atomic E-state index is 13.8. The molecule has 0 spiro atoms. The predicted octanol–water partition coefficient (Wildman–Crippen LogP) is 5.23. The summed E-state index contributed by atoms with van der Waals surface area (Å²) in [5.41, 5.74) is 2.03. The number of nitrogens with one attached hydrogen (secondary N) is 1. The molecule has 2 N–H and O–H groups in total. The number of aliphatic carboxylic acids is 1. The van der Waals surface area contributed by atoms with Crippen molar-refractivity contribution in [2.75, 3.05) is 6.54 Å². The van der Waals surface area contributed by atoms with Crippen molar-refractivity contribution < 1.29 is 24.2 Å². The van der Waals surface area contributed by atoms with E-state index in [9.17, 15) is 19.5 Å². The fourth-order valence-corrected chi connectivity index (χ4v) is 5.98. The molecule has 9 heteroatoms. The monoisotopic (exact) mass is 594 g/mol. The number of benzene rings is 3. The van der Waals surface area contributed by atoms with Gasteiger partial charge in [-0.05, 0) is 50.3 Å². The molecule has 1 aliphatic rings. The number of carbonyl (C=O) groups excluding carboxylic acids is 2. The van der Waals surface area contributed by atoms with E-state index in [1.54, 1.807) is 27.1 Å². The summed E-state index contributed by atoms with van der Waals surface area (Å²) >= 11 is 0. The van der Waals surface area contributed by atoms with Gasteiger partial charge in [-0.2, -0.15) is 0 Å². The molecule has 2 amide bonds. The van der Waals surface area contributed by atoms with Gasteiger partial charge in [-0.1, -0.05) is 91.0 Å². The number of likely N-dealkylation sites (tertiary alicyclic amines) is 1. The van der Waals surface area contributed by atoms with Crippen molar-refractivity contribution in [2.45, 2.75) is 63.3 Å². The molecule has 3 aromatic carbocycles. The van der Waals surface area contributed by atoms with E-state index >= 15 is 0 Å². The number of rotatable bonds is 9. The number of hydrogen-bond donors (Lipinski definition) is 2. The van der Waals surface area contributed by atoms with Gasteiger partial charge in [0.1, 0.15) is 23.2 Å². The molecule has 2 atom stereocenters. The average Bonchev–Trinajstić information content (AvgIpc) is 3.69. The predicted molar refractivity (Wildman–Crippen MR) is 166 cm³/mol. The number of carboxylic acids is 1. The SMILES string of the molecule is CC(C)(C)OC(=O)N[C@@H](Cc1cn(C(c2ccccc2)(c2ccccc2)c2ccccc2)cn1)C(=O)N1CCC[C@H]1C(=O)O. The maximum Gasteiger partial charge on any atom is 0.408 e. The normalized spacial score (nSPS) is 15.9. The maximum atomic E-state index is 13.8. The summed E-state index contributed by atoms with van der Waals surface area (Å²) < 4.78 is 7.50. The van der Waals surface area contributed by atoms with E-state index in [0.29, 0.717) is 25.1 Å². The molecule has 0 unspecified atom stereocenters. The first-order valence-electron chi connectivity index (χ1n) is 14.8. The molecule has 9 nitrogen and oxygen atoms in total. The molecule has 0 aliphatic carbocycles. The Labute approximate surface area is 257 Å². The molecule has 0 radical (unpaired) electrons. The van der Waals surface area contributed by atoms with Crippen LogP contribution in [0.5, 0.6) is 0 Å². The molecule has 1 saturated heterocycles. The Morgan fingerprint density at radius 3 is 1.91 bits per heavy atom. The van der Waals surface area contributed by atoms with Crippen LogP contribution in [0.3, 0.4) is 0 Å². The van der Waals surface area contributed by atoms with E-state index in [1.165, 1.54) is 4.90 Å². The van der Waals surface area contributed by atoms with Gasteiger partial charge in [-0.15, -0.1) is 0 Å². The number of hydrogen-bond acceptors (Lipinski definition) is 5. The standard InChI is InChI=1S/C35H38N4O5/c1-34(2,3)44-33(43)37-29(31(40)39-21-13-20-30(39)32(41)42)22-28-23-38(24-36-28)35(25-14-7-4-8-15-25,26-16-9-5-10-17-26)27-18-11-6-12-19-27/h4-12,14-19,23-24,29-30H,13,20-22H2,1-3H3,(H,37,43)(H,41,42)/t29-,30-/m0/s1. The third-order valence-electron chi connectivity index (χ3n) is 7.82. The summed E-state index contributed by atoms with van der Waals surface area (Å²) in [6.45, 7) is 5.52. The van der Waals surface area contributed by atoms with Crippen molar-refractivity contribution in [3.05, 3.63) is 126 Å². The van der Waals surface area contributed by atoms with Gasteiger partial charge < -0.3 is 24.6 Å². The van der Waals surface area contributed by atoms with Crippen LogP contribution in [-0.2, 0) is 26.3 Å². The van der Waals surface area contributed by atoms with Crippen LogP contribution in [0, 0.1) is 0 Å². The molecule has 1 aliphatic heterocycles. The second-order valence-electron chi connectivity index (χ2n) is 12.0. The number of imidazole rings is 1. The van der Waals surface area contributed by atoms with Crippen LogP contribution < -0.4 is 5.32 Å². The first-order chi connectivity index (χ1) is 21.1. The van der Waals surface area contributed by atoms with Gasteiger partial charge in [0.2, 0.25) is 5.91 Å². The molecule has 1 fully saturated rings. The van der Waals surface area contributed by atoms with Crippen molar-refractivity contribution in [2.24, 2.45) is 0 Å². The summed E-state index contributed by atoms with van der Waals surface area (Å²) in [6, 6.07) is 28.4. The summed E-state index contributed by atoms with van der Waals surface area (Å²) in [4.78, 5) is 44.6. The highest BCUT2D eigenvalue weighted by Gasteiger charge is 2.40. The third kappa shape index (κ3) is 6.37. The number of ether oxygens (including phenoxy) is 1. The van der Waals surface area contributed by atoms with Crippen LogP contribution in [0.4, 0.5) is 4.79 Å². The van der Waals surface area contributed by atoms with Gasteiger partial charge >= 0.3 is 12.1 Å². The summed E-state index contributed by atoms with van der Waals surface area (Å²) in [7, 11) is 0. The van der Waals surface area contributed by atoms with Gasteiger partial charge in [-0.25, -0.2) is 14.6 Å². The Morgan fingerprint density at radius 2 is 1.43 bits per heavy atom. The zero-order valence-corrected chi connectivity index (χ0v) is 25.2. The van der Waals surface area contributed by atoms with Crippen LogP contribution in [0.2, 0.25) is 0 Å². The number of alkyl carbamates (subject to hydrolysis) is 1. The molecule has 0 bridgehead atoms. The highest BCUT2D eigenvalue weighted by molar-refractivity contribution is 5.90. The van der Waals surface area contributed by atoms with Crippen molar-refractivity contribution in [1.29, 1.82) is 0 Å². The van der Waals surface area contributed by atoms with Crippen LogP contribution in [0.25, 0.3) is 0 Å². The molecular formula is C35H38N4O5. The second kappa shape index (κ2) is 12.8. The first-order valence-corrected chi connectivity index (χ1v) is 14.8. The average molecular weight is 595 g/mol. The number of nitrogens with zero attached hydrogens (tertiary/aromatic N) is 3. The summed E-state index contributed by atoms with van der Waals surface area (Å²) in [5, 5.41) is 12.4. The van der Waals surface area contributed by atoms with E-state index < -0.39 is 41.2 Å². The van der Waals surface area contributed by atoms with Crippen molar-refractivity contribution in [1.82, 2.24) is 19.8 Å². The zero-order chi connectivity index (χ0) is 31.3. The van der Waals surface area contributed by atoms with E-state index in [-0.39, 0.29) is 6.42 Å². The van der Waals surface area contributed by atoms with Crippen molar-refractivity contribution >= 4 is 18.0 Å².